The molecular weight excluding hydrogens is 463 g/mol. The van der Waals surface area contributed by atoms with Crippen molar-refractivity contribution >= 4 is 41.3 Å². The van der Waals surface area contributed by atoms with E-state index in [1.807, 2.05) is 6.20 Å². The molecule has 150 valence electrons. The number of aromatic nitrogens is 1. The number of nitrogens with one attached hydrogen (secondary N) is 2. The van der Waals surface area contributed by atoms with Gasteiger partial charge in [-0.3, -0.25) is 0 Å². The average Bonchev–Trinajstić information content (AvgIpc) is 3.23. The zero-order valence-corrected chi connectivity index (χ0v) is 19.3. The highest BCUT2D eigenvalue weighted by molar-refractivity contribution is 14.0. The predicted molar refractivity (Wildman–Crippen MR) is 119 cm³/mol. The number of halogens is 1. The van der Waals surface area contributed by atoms with Crippen molar-refractivity contribution in [2.75, 3.05) is 32.9 Å². The number of rotatable bonds is 10. The Morgan fingerprint density at radius 2 is 2.31 bits per heavy atom. The highest BCUT2D eigenvalue weighted by Crippen LogP contribution is 2.17. The maximum absolute atomic E-state index is 5.78. The normalized spacial score (nSPS) is 17.4. The van der Waals surface area contributed by atoms with Crippen LogP contribution in [0.2, 0.25) is 0 Å². The molecule has 0 amide bonds. The maximum atomic E-state index is 5.78. The second-order valence-electron chi connectivity index (χ2n) is 6.65. The van der Waals surface area contributed by atoms with Crippen LogP contribution in [0.3, 0.4) is 0 Å². The number of nitrogens with zero attached hydrogens (tertiary/aromatic N) is 2. The third-order valence-corrected chi connectivity index (χ3v) is 4.78. The lowest BCUT2D eigenvalue weighted by atomic mass is 10.1. The van der Waals surface area contributed by atoms with Crippen LogP contribution in [-0.2, 0) is 22.4 Å². The number of hydrogen-bond acceptors (Lipinski definition) is 5. The van der Waals surface area contributed by atoms with Crippen molar-refractivity contribution in [1.29, 1.82) is 0 Å². The lowest BCUT2D eigenvalue weighted by molar-refractivity contribution is 0.0420. The number of thiazole rings is 1. The van der Waals surface area contributed by atoms with Gasteiger partial charge >= 0.3 is 0 Å². The molecule has 1 fully saturated rings. The van der Waals surface area contributed by atoms with E-state index in [1.54, 1.807) is 11.3 Å². The molecule has 26 heavy (non-hydrogen) atoms. The molecule has 1 atom stereocenters. The van der Waals surface area contributed by atoms with Crippen LogP contribution < -0.4 is 10.6 Å². The van der Waals surface area contributed by atoms with Gasteiger partial charge in [0.15, 0.2) is 5.96 Å². The van der Waals surface area contributed by atoms with Crippen molar-refractivity contribution in [2.24, 2.45) is 10.9 Å². The van der Waals surface area contributed by atoms with Crippen LogP contribution in [0.15, 0.2) is 11.2 Å². The summed E-state index contributed by atoms with van der Waals surface area (Å²) in [5.74, 6) is 1.49. The molecular formula is C18H33IN4O2S. The van der Waals surface area contributed by atoms with Crippen molar-refractivity contribution in [1.82, 2.24) is 15.6 Å². The first-order valence-corrected chi connectivity index (χ1v) is 10.1. The summed E-state index contributed by atoms with van der Waals surface area (Å²) in [6, 6.07) is 0. The highest BCUT2D eigenvalue weighted by atomic mass is 127. The van der Waals surface area contributed by atoms with E-state index >= 15 is 0 Å². The fraction of sp³-hybridized carbons (Fsp3) is 0.778. The molecule has 0 bridgehead atoms. The molecule has 0 radical (unpaired) electrons. The van der Waals surface area contributed by atoms with E-state index in [9.17, 15) is 0 Å². The Balaban J connectivity index is 0.00000338. The van der Waals surface area contributed by atoms with Crippen LogP contribution in [0.25, 0.3) is 0 Å². The maximum Gasteiger partial charge on any atom is 0.191 e. The third kappa shape index (κ3) is 9.48. The predicted octanol–water partition coefficient (Wildman–Crippen LogP) is 3.21. The Kier molecular flexibility index (Phi) is 12.4. The van der Waals surface area contributed by atoms with Crippen LogP contribution >= 0.6 is 35.3 Å². The van der Waals surface area contributed by atoms with Gasteiger partial charge in [0.1, 0.15) is 0 Å². The molecule has 6 nitrogen and oxygen atoms in total. The quantitative estimate of drug-likeness (QED) is 0.226. The van der Waals surface area contributed by atoms with E-state index in [-0.39, 0.29) is 30.1 Å². The molecule has 1 saturated heterocycles. The standard InChI is InChI=1S/C18H32N4O2S.HI/c1-4-19-18(20-7-5-8-24-15-6-9-23-13-15)22-12-16-11-21-17(25-16)10-14(2)3;/h11,14-15H,4-10,12-13H2,1-3H3,(H2,19,20,22);1H. The van der Waals surface area contributed by atoms with Crippen LogP contribution in [0.1, 0.15) is 43.5 Å². The van der Waals surface area contributed by atoms with Gasteiger partial charge in [-0.25, -0.2) is 9.98 Å². The first-order valence-electron chi connectivity index (χ1n) is 9.32. The minimum Gasteiger partial charge on any atom is -0.379 e. The number of guanidine groups is 1. The van der Waals surface area contributed by atoms with Crippen LogP contribution in [0.4, 0.5) is 0 Å². The zero-order valence-electron chi connectivity index (χ0n) is 16.1. The molecule has 1 aliphatic rings. The lowest BCUT2D eigenvalue weighted by Gasteiger charge is -2.12. The summed E-state index contributed by atoms with van der Waals surface area (Å²) in [6.07, 6.45) is 5.25. The Morgan fingerprint density at radius 1 is 1.46 bits per heavy atom. The van der Waals surface area contributed by atoms with Crippen molar-refractivity contribution in [3.63, 3.8) is 0 Å². The molecule has 1 aromatic heterocycles. The van der Waals surface area contributed by atoms with Crippen molar-refractivity contribution in [3.8, 4) is 0 Å². The van der Waals surface area contributed by atoms with E-state index in [0.29, 0.717) is 12.5 Å². The van der Waals surface area contributed by atoms with Crippen LogP contribution in [-0.4, -0.2) is 50.0 Å². The first kappa shape index (κ1) is 23.6. The van der Waals surface area contributed by atoms with Gasteiger partial charge in [-0.1, -0.05) is 13.8 Å². The van der Waals surface area contributed by atoms with Gasteiger partial charge in [0.25, 0.3) is 0 Å². The summed E-state index contributed by atoms with van der Waals surface area (Å²) in [6.45, 7) is 11.2. The molecule has 2 rings (SSSR count). The molecule has 0 aliphatic carbocycles. The summed E-state index contributed by atoms with van der Waals surface area (Å²) in [7, 11) is 0. The number of hydrogen-bond donors (Lipinski definition) is 2. The van der Waals surface area contributed by atoms with Gasteiger partial charge in [0.2, 0.25) is 0 Å². The van der Waals surface area contributed by atoms with Crippen molar-refractivity contribution in [2.45, 2.75) is 52.7 Å². The van der Waals surface area contributed by atoms with Gasteiger partial charge in [0.05, 0.1) is 24.3 Å². The monoisotopic (exact) mass is 496 g/mol. The second kappa shape index (κ2) is 13.7. The van der Waals surface area contributed by atoms with Gasteiger partial charge in [-0.05, 0) is 25.7 Å². The fourth-order valence-corrected chi connectivity index (χ4v) is 3.60. The molecule has 1 aliphatic heterocycles. The summed E-state index contributed by atoms with van der Waals surface area (Å²) < 4.78 is 11.1. The lowest BCUT2D eigenvalue weighted by Crippen LogP contribution is -2.38. The average molecular weight is 496 g/mol. The summed E-state index contributed by atoms with van der Waals surface area (Å²) in [5, 5.41) is 7.85. The first-order chi connectivity index (χ1) is 12.2. The fourth-order valence-electron chi connectivity index (χ4n) is 2.54. The van der Waals surface area contributed by atoms with E-state index in [0.717, 1.165) is 58.1 Å². The molecule has 2 heterocycles. The molecule has 0 saturated carbocycles. The van der Waals surface area contributed by atoms with Gasteiger partial charge in [-0.2, -0.15) is 0 Å². The summed E-state index contributed by atoms with van der Waals surface area (Å²) in [5.41, 5.74) is 0. The summed E-state index contributed by atoms with van der Waals surface area (Å²) in [4.78, 5) is 10.3. The minimum atomic E-state index is 0. The van der Waals surface area contributed by atoms with E-state index in [4.69, 9.17) is 9.47 Å². The molecule has 1 aromatic rings. The van der Waals surface area contributed by atoms with E-state index in [2.05, 4.69) is 41.4 Å². The van der Waals surface area contributed by atoms with Gasteiger partial charge in [-0.15, -0.1) is 35.3 Å². The van der Waals surface area contributed by atoms with Crippen molar-refractivity contribution < 1.29 is 9.47 Å². The molecule has 1 unspecified atom stereocenters. The smallest absolute Gasteiger partial charge is 0.191 e. The largest absolute Gasteiger partial charge is 0.379 e. The Hall–Kier alpha value is -0.450. The topological polar surface area (TPSA) is 67.8 Å². The summed E-state index contributed by atoms with van der Waals surface area (Å²) >= 11 is 1.76. The van der Waals surface area contributed by atoms with Gasteiger partial charge < -0.3 is 20.1 Å². The Labute approximate surface area is 178 Å². The van der Waals surface area contributed by atoms with Gasteiger partial charge in [0, 0.05) is 43.8 Å². The SMILES string of the molecule is CCNC(=NCc1cnc(CC(C)C)s1)NCCCOC1CCOC1.I. The second-order valence-corrected chi connectivity index (χ2v) is 7.85. The zero-order chi connectivity index (χ0) is 17.9. The third-order valence-electron chi connectivity index (χ3n) is 3.78. The molecule has 2 N–H and O–H groups in total. The number of ether oxygens (including phenoxy) is 2. The minimum absolute atomic E-state index is 0. The molecule has 0 aromatic carbocycles. The van der Waals surface area contributed by atoms with Crippen LogP contribution in [0.5, 0.6) is 0 Å². The molecule has 8 heteroatoms. The van der Waals surface area contributed by atoms with Crippen molar-refractivity contribution in [3.05, 3.63) is 16.1 Å². The van der Waals surface area contributed by atoms with Crippen LogP contribution in [0, 0.1) is 5.92 Å². The van der Waals surface area contributed by atoms with E-state index in [1.165, 1.54) is 9.88 Å². The molecule has 0 spiro atoms. The van der Waals surface area contributed by atoms with E-state index < -0.39 is 0 Å². The number of aliphatic imine (C=N–C) groups is 1. The Bertz CT molecular complexity index is 519. The highest BCUT2D eigenvalue weighted by Gasteiger charge is 2.15. The Morgan fingerprint density at radius 3 is 3.00 bits per heavy atom.